The molecule has 1 aromatic rings. The van der Waals surface area contributed by atoms with Crippen molar-refractivity contribution in [2.75, 3.05) is 0 Å². The minimum absolute atomic E-state index is 0.124. The molecule has 0 spiro atoms. The highest BCUT2D eigenvalue weighted by Crippen LogP contribution is 2.23. The first-order chi connectivity index (χ1) is 7.90. The summed E-state index contributed by atoms with van der Waals surface area (Å²) >= 11 is 3.38. The van der Waals surface area contributed by atoms with Crippen LogP contribution in [-0.2, 0) is 9.59 Å². The lowest BCUT2D eigenvalue weighted by Crippen LogP contribution is -2.28. The maximum absolute atomic E-state index is 11.0. The van der Waals surface area contributed by atoms with Crippen LogP contribution in [0.3, 0.4) is 0 Å². The molecule has 5 heteroatoms. The SMILES string of the molecule is CC(=O)NC(CC(=O)O)c1ccc(Br)c(C)c1. The van der Waals surface area contributed by atoms with Crippen molar-refractivity contribution < 1.29 is 14.7 Å². The highest BCUT2D eigenvalue weighted by molar-refractivity contribution is 9.10. The van der Waals surface area contributed by atoms with Crippen molar-refractivity contribution in [3.8, 4) is 0 Å². The molecule has 1 atom stereocenters. The van der Waals surface area contributed by atoms with E-state index in [1.807, 2.05) is 19.1 Å². The van der Waals surface area contributed by atoms with Gasteiger partial charge in [-0.05, 0) is 24.1 Å². The van der Waals surface area contributed by atoms with Crippen molar-refractivity contribution in [3.05, 3.63) is 33.8 Å². The number of amides is 1. The zero-order valence-corrected chi connectivity index (χ0v) is 11.2. The quantitative estimate of drug-likeness (QED) is 0.897. The fourth-order valence-corrected chi connectivity index (χ4v) is 1.80. The lowest BCUT2D eigenvalue weighted by atomic mass is 10.0. The first-order valence-electron chi connectivity index (χ1n) is 5.15. The molecule has 0 heterocycles. The van der Waals surface area contributed by atoms with Crippen molar-refractivity contribution in [2.45, 2.75) is 26.3 Å². The molecule has 92 valence electrons. The minimum Gasteiger partial charge on any atom is -0.481 e. The number of aryl methyl sites for hydroxylation is 1. The Morgan fingerprint density at radius 1 is 1.47 bits per heavy atom. The van der Waals surface area contributed by atoms with Crippen molar-refractivity contribution in [1.29, 1.82) is 0 Å². The number of carbonyl (C=O) groups excluding carboxylic acids is 1. The van der Waals surface area contributed by atoms with Gasteiger partial charge in [-0.2, -0.15) is 0 Å². The average Bonchev–Trinajstić information content (AvgIpc) is 2.19. The van der Waals surface area contributed by atoms with Gasteiger partial charge >= 0.3 is 5.97 Å². The van der Waals surface area contributed by atoms with Crippen molar-refractivity contribution >= 4 is 27.8 Å². The fourth-order valence-electron chi connectivity index (χ4n) is 1.56. The monoisotopic (exact) mass is 299 g/mol. The van der Waals surface area contributed by atoms with Gasteiger partial charge in [-0.15, -0.1) is 0 Å². The molecule has 1 amide bonds. The van der Waals surface area contributed by atoms with Crippen LogP contribution in [0.25, 0.3) is 0 Å². The standard InChI is InChI=1S/C12H14BrNO3/c1-7-5-9(3-4-10(7)13)11(6-12(16)17)14-8(2)15/h3-5,11H,6H2,1-2H3,(H,14,15)(H,16,17). The Labute approximate surface area is 108 Å². The first-order valence-corrected chi connectivity index (χ1v) is 5.94. The molecule has 1 unspecified atom stereocenters. The van der Waals surface area contributed by atoms with Crippen LogP contribution in [0, 0.1) is 6.92 Å². The molecule has 0 aliphatic carbocycles. The van der Waals surface area contributed by atoms with Gasteiger partial charge in [0.15, 0.2) is 0 Å². The van der Waals surface area contributed by atoms with E-state index in [0.29, 0.717) is 0 Å². The van der Waals surface area contributed by atoms with Crippen LogP contribution < -0.4 is 5.32 Å². The highest BCUT2D eigenvalue weighted by atomic mass is 79.9. The summed E-state index contributed by atoms with van der Waals surface area (Å²) < 4.78 is 0.957. The summed E-state index contributed by atoms with van der Waals surface area (Å²) in [6.45, 7) is 3.29. The molecule has 0 saturated heterocycles. The molecular weight excluding hydrogens is 286 g/mol. The number of carbonyl (C=O) groups is 2. The number of nitrogens with one attached hydrogen (secondary N) is 1. The summed E-state index contributed by atoms with van der Waals surface area (Å²) in [5, 5.41) is 11.5. The molecule has 0 aliphatic rings. The molecule has 1 aromatic carbocycles. The molecule has 0 saturated carbocycles. The molecule has 0 fully saturated rings. The summed E-state index contributed by atoms with van der Waals surface area (Å²) in [5.74, 6) is -1.18. The third-order valence-corrected chi connectivity index (χ3v) is 3.23. The molecule has 0 aliphatic heterocycles. The van der Waals surface area contributed by atoms with E-state index in [9.17, 15) is 9.59 Å². The predicted molar refractivity (Wildman–Crippen MR) is 67.7 cm³/mol. The number of hydrogen-bond donors (Lipinski definition) is 2. The van der Waals surface area contributed by atoms with E-state index in [1.165, 1.54) is 6.92 Å². The number of rotatable bonds is 4. The molecule has 0 bridgehead atoms. The molecule has 17 heavy (non-hydrogen) atoms. The van der Waals surface area contributed by atoms with E-state index >= 15 is 0 Å². The third kappa shape index (κ3) is 4.19. The Bertz CT molecular complexity index is 429. The van der Waals surface area contributed by atoms with Gasteiger partial charge in [0.2, 0.25) is 5.91 Å². The predicted octanol–water partition coefficient (Wildman–Crippen LogP) is 2.41. The molecular formula is C12H14BrNO3. The third-order valence-electron chi connectivity index (χ3n) is 2.34. The smallest absolute Gasteiger partial charge is 0.305 e. The average molecular weight is 300 g/mol. The molecule has 1 rings (SSSR count). The van der Waals surface area contributed by atoms with E-state index < -0.39 is 12.0 Å². The van der Waals surface area contributed by atoms with Gasteiger partial charge in [-0.3, -0.25) is 9.59 Å². The van der Waals surface area contributed by atoms with Crippen LogP contribution in [0.2, 0.25) is 0 Å². The van der Waals surface area contributed by atoms with Gasteiger partial charge in [-0.1, -0.05) is 28.1 Å². The lowest BCUT2D eigenvalue weighted by molar-refractivity contribution is -0.137. The summed E-state index contributed by atoms with van der Waals surface area (Å²) in [4.78, 5) is 21.8. The van der Waals surface area contributed by atoms with Gasteiger partial charge < -0.3 is 10.4 Å². The van der Waals surface area contributed by atoms with Crippen molar-refractivity contribution in [1.82, 2.24) is 5.32 Å². The fraction of sp³-hybridized carbons (Fsp3) is 0.333. The number of halogens is 1. The topological polar surface area (TPSA) is 66.4 Å². The van der Waals surface area contributed by atoms with Crippen LogP contribution in [0.1, 0.15) is 30.5 Å². The molecule has 0 aromatic heterocycles. The summed E-state index contributed by atoms with van der Waals surface area (Å²) in [6.07, 6.45) is -0.124. The zero-order valence-electron chi connectivity index (χ0n) is 9.66. The summed E-state index contributed by atoms with van der Waals surface area (Å²) in [5.41, 5.74) is 1.80. The van der Waals surface area contributed by atoms with Crippen molar-refractivity contribution in [3.63, 3.8) is 0 Å². The normalized spacial score (nSPS) is 11.9. The number of aliphatic carboxylic acids is 1. The van der Waals surface area contributed by atoms with Crippen LogP contribution in [0.4, 0.5) is 0 Å². The van der Waals surface area contributed by atoms with Gasteiger partial charge in [0.25, 0.3) is 0 Å². The Balaban J connectivity index is 2.98. The highest BCUT2D eigenvalue weighted by Gasteiger charge is 2.16. The summed E-state index contributed by atoms with van der Waals surface area (Å²) in [7, 11) is 0. The van der Waals surface area contributed by atoms with Gasteiger partial charge in [0.1, 0.15) is 0 Å². The van der Waals surface area contributed by atoms with Gasteiger partial charge in [-0.25, -0.2) is 0 Å². The van der Waals surface area contributed by atoms with E-state index in [-0.39, 0.29) is 12.3 Å². The maximum Gasteiger partial charge on any atom is 0.305 e. The lowest BCUT2D eigenvalue weighted by Gasteiger charge is -2.17. The van der Waals surface area contributed by atoms with Crippen molar-refractivity contribution in [2.24, 2.45) is 0 Å². The maximum atomic E-state index is 11.0. The first kappa shape index (κ1) is 13.7. The molecule has 0 radical (unpaired) electrons. The van der Waals surface area contributed by atoms with Gasteiger partial charge in [0.05, 0.1) is 12.5 Å². The van der Waals surface area contributed by atoms with E-state index in [4.69, 9.17) is 5.11 Å². The van der Waals surface area contributed by atoms with Crippen LogP contribution in [0.15, 0.2) is 22.7 Å². The Morgan fingerprint density at radius 3 is 2.59 bits per heavy atom. The Kier molecular flexibility index (Phi) is 4.69. The number of carboxylic acids is 1. The van der Waals surface area contributed by atoms with E-state index in [2.05, 4.69) is 21.2 Å². The largest absolute Gasteiger partial charge is 0.481 e. The van der Waals surface area contributed by atoms with E-state index in [1.54, 1.807) is 6.07 Å². The minimum atomic E-state index is -0.940. The number of hydrogen-bond acceptors (Lipinski definition) is 2. The molecule has 2 N–H and O–H groups in total. The second-order valence-corrected chi connectivity index (χ2v) is 4.71. The van der Waals surface area contributed by atoms with Crippen LogP contribution >= 0.6 is 15.9 Å². The Morgan fingerprint density at radius 2 is 2.12 bits per heavy atom. The summed E-state index contributed by atoms with van der Waals surface area (Å²) in [6, 6.07) is 5.03. The van der Waals surface area contributed by atoms with Crippen LogP contribution in [-0.4, -0.2) is 17.0 Å². The number of benzene rings is 1. The molecule has 4 nitrogen and oxygen atoms in total. The second kappa shape index (κ2) is 5.82. The second-order valence-electron chi connectivity index (χ2n) is 3.86. The van der Waals surface area contributed by atoms with Gasteiger partial charge in [0, 0.05) is 11.4 Å². The zero-order chi connectivity index (χ0) is 13.0. The number of carboxylic acid groups (broad SMARTS) is 1. The van der Waals surface area contributed by atoms with Crippen LogP contribution in [0.5, 0.6) is 0 Å². The Hall–Kier alpha value is -1.36. The van der Waals surface area contributed by atoms with E-state index in [0.717, 1.165) is 15.6 Å².